The molecule has 0 spiro atoms. The maximum Gasteiger partial charge on any atom is 0.0644 e. The van der Waals surface area contributed by atoms with Gasteiger partial charge in [0.2, 0.25) is 0 Å². The van der Waals surface area contributed by atoms with Gasteiger partial charge in [-0.2, -0.15) is 5.10 Å². The summed E-state index contributed by atoms with van der Waals surface area (Å²) < 4.78 is 2.00. The molecule has 0 saturated carbocycles. The van der Waals surface area contributed by atoms with Crippen LogP contribution in [0.5, 0.6) is 0 Å². The summed E-state index contributed by atoms with van der Waals surface area (Å²) >= 11 is 0. The van der Waals surface area contributed by atoms with Crippen LogP contribution in [0.3, 0.4) is 0 Å². The van der Waals surface area contributed by atoms with Crippen molar-refractivity contribution in [2.45, 2.75) is 39.7 Å². The Morgan fingerprint density at radius 3 is 2.71 bits per heavy atom. The Morgan fingerprint density at radius 2 is 2.18 bits per heavy atom. The zero-order valence-corrected chi connectivity index (χ0v) is 11.5. The van der Waals surface area contributed by atoms with Crippen LogP contribution in [-0.4, -0.2) is 27.8 Å². The highest BCUT2D eigenvalue weighted by molar-refractivity contribution is 5.29. The summed E-state index contributed by atoms with van der Waals surface area (Å²) in [7, 11) is 2.03. The second kappa shape index (κ2) is 4.65. The van der Waals surface area contributed by atoms with E-state index in [1.807, 2.05) is 11.7 Å². The maximum atomic E-state index is 4.54. The largest absolute Gasteiger partial charge is 0.292 e. The lowest BCUT2D eigenvalue weighted by Crippen LogP contribution is -2.25. The molecule has 17 heavy (non-hydrogen) atoms. The Labute approximate surface area is 104 Å². The van der Waals surface area contributed by atoms with Gasteiger partial charge in [-0.1, -0.05) is 12.2 Å². The monoisotopic (exact) mass is 233 g/mol. The first kappa shape index (κ1) is 12.4. The smallest absolute Gasteiger partial charge is 0.0644 e. The molecule has 0 aliphatic carbocycles. The number of nitrogens with zero attached hydrogens (tertiary/aromatic N) is 3. The summed E-state index contributed by atoms with van der Waals surface area (Å²) in [6.45, 7) is 12.6. The predicted octanol–water partition coefficient (Wildman–Crippen LogP) is 2.75. The van der Waals surface area contributed by atoms with Gasteiger partial charge in [0.15, 0.2) is 0 Å². The zero-order chi connectivity index (χ0) is 12.6. The van der Waals surface area contributed by atoms with Gasteiger partial charge in [-0.15, -0.1) is 0 Å². The van der Waals surface area contributed by atoms with E-state index in [0.717, 1.165) is 6.54 Å². The van der Waals surface area contributed by atoms with Crippen molar-refractivity contribution in [3.05, 3.63) is 29.1 Å². The first-order chi connectivity index (χ1) is 8.00. The molecular formula is C14H23N3. The molecule has 1 saturated heterocycles. The van der Waals surface area contributed by atoms with Gasteiger partial charge in [0, 0.05) is 30.9 Å². The summed E-state index contributed by atoms with van der Waals surface area (Å²) in [5.74, 6) is 0. The van der Waals surface area contributed by atoms with Crippen molar-refractivity contribution >= 4 is 0 Å². The molecule has 1 aliphatic rings. The van der Waals surface area contributed by atoms with Gasteiger partial charge in [-0.05, 0) is 40.2 Å². The number of hydrogen-bond donors (Lipinski definition) is 0. The van der Waals surface area contributed by atoms with Gasteiger partial charge in [0.25, 0.3) is 0 Å². The first-order valence-corrected chi connectivity index (χ1v) is 6.39. The highest BCUT2D eigenvalue weighted by Gasteiger charge is 2.29. The summed E-state index contributed by atoms with van der Waals surface area (Å²) in [5.41, 5.74) is 5.17. The number of likely N-dealkylation sites (tertiary alicyclic amines) is 1. The van der Waals surface area contributed by atoms with Crippen LogP contribution in [0.15, 0.2) is 12.2 Å². The third-order valence-electron chi connectivity index (χ3n) is 3.73. The minimum absolute atomic E-state index is 0.542. The zero-order valence-electron chi connectivity index (χ0n) is 11.5. The average molecular weight is 233 g/mol. The molecular weight excluding hydrogens is 210 g/mol. The first-order valence-electron chi connectivity index (χ1n) is 6.39. The minimum Gasteiger partial charge on any atom is -0.292 e. The standard InChI is InChI=1S/C14H23N3/c1-10(2)9-17-8-6-7-13(17)14-11(3)15-16(5)12(14)4/h13H,1,6-9H2,2-5H3/t13-/m0/s1. The molecule has 0 amide bonds. The lowest BCUT2D eigenvalue weighted by molar-refractivity contribution is 0.278. The van der Waals surface area contributed by atoms with Crippen LogP contribution in [0.2, 0.25) is 0 Å². The molecule has 3 nitrogen and oxygen atoms in total. The fourth-order valence-electron chi connectivity index (χ4n) is 2.96. The fraction of sp³-hybridized carbons (Fsp3) is 0.643. The molecule has 1 aromatic rings. The van der Waals surface area contributed by atoms with Crippen LogP contribution in [0.1, 0.15) is 42.8 Å². The SMILES string of the molecule is C=C(C)CN1CCC[C@H]1c1c(C)nn(C)c1C. The molecule has 1 aromatic heterocycles. The van der Waals surface area contributed by atoms with E-state index in [9.17, 15) is 0 Å². The van der Waals surface area contributed by atoms with Crippen LogP contribution in [0.4, 0.5) is 0 Å². The molecule has 1 atom stereocenters. The quantitative estimate of drug-likeness (QED) is 0.749. The number of rotatable bonds is 3. The molecule has 0 bridgehead atoms. The van der Waals surface area contributed by atoms with Crippen molar-refractivity contribution in [2.75, 3.05) is 13.1 Å². The van der Waals surface area contributed by atoms with E-state index in [1.54, 1.807) is 0 Å². The molecule has 1 fully saturated rings. The van der Waals surface area contributed by atoms with Gasteiger partial charge < -0.3 is 0 Å². The summed E-state index contributed by atoms with van der Waals surface area (Å²) in [4.78, 5) is 2.54. The molecule has 0 aromatic carbocycles. The lowest BCUT2D eigenvalue weighted by atomic mass is 10.0. The molecule has 0 radical (unpaired) electrons. The average Bonchev–Trinajstić information content (AvgIpc) is 2.73. The molecule has 1 aliphatic heterocycles. The Morgan fingerprint density at radius 1 is 1.47 bits per heavy atom. The Hall–Kier alpha value is -1.09. The van der Waals surface area contributed by atoms with E-state index in [-0.39, 0.29) is 0 Å². The summed E-state index contributed by atoms with van der Waals surface area (Å²) in [6, 6.07) is 0.542. The Kier molecular flexibility index (Phi) is 3.38. The van der Waals surface area contributed by atoms with E-state index in [0.29, 0.717) is 6.04 Å². The van der Waals surface area contributed by atoms with E-state index >= 15 is 0 Å². The van der Waals surface area contributed by atoms with Crippen molar-refractivity contribution in [1.82, 2.24) is 14.7 Å². The Bertz CT molecular complexity index is 431. The van der Waals surface area contributed by atoms with Crippen molar-refractivity contribution in [3.8, 4) is 0 Å². The lowest BCUT2D eigenvalue weighted by Gasteiger charge is -2.25. The van der Waals surface area contributed by atoms with Gasteiger partial charge in [0.1, 0.15) is 0 Å². The molecule has 0 unspecified atom stereocenters. The normalized spacial score (nSPS) is 21.1. The van der Waals surface area contributed by atoms with E-state index in [1.165, 1.54) is 41.9 Å². The van der Waals surface area contributed by atoms with Crippen molar-refractivity contribution in [2.24, 2.45) is 7.05 Å². The molecule has 3 heteroatoms. The highest BCUT2D eigenvalue weighted by Crippen LogP contribution is 2.35. The fourth-order valence-corrected chi connectivity index (χ4v) is 2.96. The van der Waals surface area contributed by atoms with Crippen LogP contribution >= 0.6 is 0 Å². The van der Waals surface area contributed by atoms with E-state index in [4.69, 9.17) is 0 Å². The van der Waals surface area contributed by atoms with Gasteiger partial charge in [-0.3, -0.25) is 9.58 Å². The van der Waals surface area contributed by atoms with Crippen molar-refractivity contribution in [1.29, 1.82) is 0 Å². The van der Waals surface area contributed by atoms with Crippen LogP contribution in [-0.2, 0) is 7.05 Å². The molecule has 0 N–H and O–H groups in total. The predicted molar refractivity (Wildman–Crippen MR) is 71.0 cm³/mol. The topological polar surface area (TPSA) is 21.1 Å². The number of aromatic nitrogens is 2. The van der Waals surface area contributed by atoms with Gasteiger partial charge in [-0.25, -0.2) is 0 Å². The second-order valence-corrected chi connectivity index (χ2v) is 5.29. The van der Waals surface area contributed by atoms with Crippen molar-refractivity contribution in [3.63, 3.8) is 0 Å². The summed E-state index contributed by atoms with van der Waals surface area (Å²) in [6.07, 6.45) is 2.53. The molecule has 94 valence electrons. The second-order valence-electron chi connectivity index (χ2n) is 5.29. The van der Waals surface area contributed by atoms with Gasteiger partial charge >= 0.3 is 0 Å². The Balaban J connectivity index is 2.29. The molecule has 2 heterocycles. The van der Waals surface area contributed by atoms with Gasteiger partial charge in [0.05, 0.1) is 5.69 Å². The highest BCUT2D eigenvalue weighted by atomic mass is 15.3. The van der Waals surface area contributed by atoms with Crippen LogP contribution < -0.4 is 0 Å². The number of hydrogen-bond acceptors (Lipinski definition) is 2. The third-order valence-corrected chi connectivity index (χ3v) is 3.73. The molecule has 2 rings (SSSR count). The van der Waals surface area contributed by atoms with E-state index < -0.39 is 0 Å². The van der Waals surface area contributed by atoms with Crippen LogP contribution in [0, 0.1) is 13.8 Å². The van der Waals surface area contributed by atoms with E-state index in [2.05, 4.69) is 37.3 Å². The minimum atomic E-state index is 0.542. The maximum absolute atomic E-state index is 4.54. The summed E-state index contributed by atoms with van der Waals surface area (Å²) in [5, 5.41) is 4.54. The van der Waals surface area contributed by atoms with Crippen molar-refractivity contribution < 1.29 is 0 Å². The third kappa shape index (κ3) is 2.29. The number of aryl methyl sites for hydroxylation is 2. The van der Waals surface area contributed by atoms with Crippen LogP contribution in [0.25, 0.3) is 0 Å².